The molecule has 0 spiro atoms. The first-order chi connectivity index (χ1) is 15.1. The molecule has 2 amide bonds. The maximum absolute atomic E-state index is 13.4. The van der Waals surface area contributed by atoms with Crippen molar-refractivity contribution < 1.29 is 19.4 Å². The van der Waals surface area contributed by atoms with E-state index in [0.29, 0.717) is 30.3 Å². The number of hydrogen-bond acceptors (Lipinski definition) is 6. The number of nitrogens with zero attached hydrogens (tertiary/aromatic N) is 3. The van der Waals surface area contributed by atoms with Crippen LogP contribution in [0.25, 0.3) is 0 Å². The molecular weight excluding hydrogens is 396 g/mol. The predicted octanol–water partition coefficient (Wildman–Crippen LogP) is 2.67. The molecule has 0 aliphatic carbocycles. The van der Waals surface area contributed by atoms with Gasteiger partial charge in [0.1, 0.15) is 18.1 Å². The minimum absolute atomic E-state index is 0.0383. The van der Waals surface area contributed by atoms with E-state index in [1.54, 1.807) is 30.3 Å². The molecule has 0 radical (unpaired) electrons. The average molecular weight is 427 g/mol. The molecule has 1 aromatic carbocycles. The highest BCUT2D eigenvalue weighted by Gasteiger charge is 2.23. The summed E-state index contributed by atoms with van der Waals surface area (Å²) in [6, 6.07) is 11.0. The number of nitrogens with one attached hydrogen (secondary N) is 1. The van der Waals surface area contributed by atoms with Crippen molar-refractivity contribution in [3.05, 3.63) is 48.2 Å². The van der Waals surface area contributed by atoms with Crippen LogP contribution in [0.15, 0.2) is 42.6 Å². The van der Waals surface area contributed by atoms with E-state index in [4.69, 9.17) is 9.84 Å². The highest BCUT2D eigenvalue weighted by atomic mass is 16.5. The SMILES string of the molecule is CN(CCO)C(=O)CN1CCCCCCOc2ccccc2Nc2ncccc2C1=O. The Morgan fingerprint density at radius 1 is 1.19 bits per heavy atom. The summed E-state index contributed by atoms with van der Waals surface area (Å²) in [5.41, 5.74) is 1.13. The van der Waals surface area contributed by atoms with E-state index in [1.807, 2.05) is 24.3 Å². The lowest BCUT2D eigenvalue weighted by Crippen LogP contribution is -2.43. The topological polar surface area (TPSA) is 95.0 Å². The van der Waals surface area contributed by atoms with Gasteiger partial charge in [0.05, 0.1) is 24.5 Å². The van der Waals surface area contributed by atoms with Gasteiger partial charge in [-0.3, -0.25) is 9.59 Å². The number of carbonyl (C=O) groups excluding carboxylic acids is 2. The molecule has 166 valence electrons. The van der Waals surface area contributed by atoms with Gasteiger partial charge in [-0.2, -0.15) is 0 Å². The number of aliphatic hydroxyl groups is 1. The van der Waals surface area contributed by atoms with Gasteiger partial charge in [-0.25, -0.2) is 4.98 Å². The molecule has 1 aromatic heterocycles. The molecule has 0 atom stereocenters. The Hall–Kier alpha value is -3.13. The van der Waals surface area contributed by atoms with E-state index in [9.17, 15) is 9.59 Å². The van der Waals surface area contributed by atoms with Crippen molar-refractivity contribution in [3.63, 3.8) is 0 Å². The number of amides is 2. The van der Waals surface area contributed by atoms with Crippen LogP contribution in [0, 0.1) is 0 Å². The monoisotopic (exact) mass is 426 g/mol. The summed E-state index contributed by atoms with van der Waals surface area (Å²) in [5, 5.41) is 12.3. The number of ether oxygens (including phenoxy) is 1. The number of para-hydroxylation sites is 2. The van der Waals surface area contributed by atoms with Crippen LogP contribution in [-0.2, 0) is 4.79 Å². The number of aliphatic hydroxyl groups excluding tert-OH is 1. The lowest BCUT2D eigenvalue weighted by molar-refractivity contribution is -0.131. The standard InChI is InChI=1S/C23H30N4O4/c1-26(14-15-28)21(29)17-27-13-6-2-3-7-16-31-20-11-5-4-10-19(20)25-22-18(23(27)30)9-8-12-24-22/h4-5,8-12,28H,2-3,6-7,13-17H2,1H3,(H,24,25). The number of aromatic nitrogens is 1. The Kier molecular flexibility index (Phi) is 8.23. The fourth-order valence-electron chi connectivity index (χ4n) is 3.42. The van der Waals surface area contributed by atoms with Crippen LogP contribution >= 0.6 is 0 Å². The minimum atomic E-state index is -0.253. The van der Waals surface area contributed by atoms with Gasteiger partial charge in [-0.05, 0) is 37.1 Å². The van der Waals surface area contributed by atoms with E-state index in [0.717, 1.165) is 31.4 Å². The van der Waals surface area contributed by atoms with Crippen LogP contribution in [0.4, 0.5) is 11.5 Å². The van der Waals surface area contributed by atoms with Crippen LogP contribution in [0.2, 0.25) is 0 Å². The number of rotatable bonds is 4. The number of fused-ring (bicyclic) bond motifs is 2. The second-order valence-electron chi connectivity index (χ2n) is 7.55. The molecular formula is C23H30N4O4. The summed E-state index contributed by atoms with van der Waals surface area (Å²) in [6.07, 6.45) is 5.25. The number of benzene rings is 1. The highest BCUT2D eigenvalue weighted by Crippen LogP contribution is 2.29. The Bertz CT molecular complexity index is 889. The predicted molar refractivity (Wildman–Crippen MR) is 119 cm³/mol. The van der Waals surface area contributed by atoms with Gasteiger partial charge >= 0.3 is 0 Å². The number of likely N-dealkylation sites (N-methyl/N-ethyl adjacent to an activating group) is 1. The van der Waals surface area contributed by atoms with Crippen LogP contribution in [-0.4, -0.2) is 71.6 Å². The van der Waals surface area contributed by atoms with Crippen molar-refractivity contribution >= 4 is 23.3 Å². The van der Waals surface area contributed by atoms with Crippen LogP contribution in [0.5, 0.6) is 5.75 Å². The normalized spacial score (nSPS) is 15.0. The molecule has 3 rings (SSSR count). The summed E-state index contributed by atoms with van der Waals surface area (Å²) in [4.78, 5) is 33.4. The molecule has 1 aliphatic rings. The summed E-state index contributed by atoms with van der Waals surface area (Å²) in [7, 11) is 1.63. The Morgan fingerprint density at radius 3 is 2.84 bits per heavy atom. The zero-order valence-corrected chi connectivity index (χ0v) is 17.9. The second kappa shape index (κ2) is 11.3. The molecule has 2 heterocycles. The third-order valence-electron chi connectivity index (χ3n) is 5.23. The number of carbonyl (C=O) groups is 2. The fourth-order valence-corrected chi connectivity index (χ4v) is 3.42. The van der Waals surface area contributed by atoms with Crippen molar-refractivity contribution in [1.82, 2.24) is 14.8 Å². The van der Waals surface area contributed by atoms with Gasteiger partial charge in [0.25, 0.3) is 5.91 Å². The number of hydrogen-bond donors (Lipinski definition) is 2. The molecule has 0 fully saturated rings. The number of anilines is 2. The summed E-state index contributed by atoms with van der Waals surface area (Å²) >= 11 is 0. The Balaban J connectivity index is 1.90. The lowest BCUT2D eigenvalue weighted by Gasteiger charge is -2.26. The Labute approximate surface area is 182 Å². The molecule has 8 nitrogen and oxygen atoms in total. The van der Waals surface area contributed by atoms with Crippen molar-refractivity contribution in [1.29, 1.82) is 0 Å². The molecule has 31 heavy (non-hydrogen) atoms. The van der Waals surface area contributed by atoms with E-state index in [1.165, 1.54) is 4.90 Å². The van der Waals surface area contributed by atoms with E-state index in [2.05, 4.69) is 10.3 Å². The largest absolute Gasteiger partial charge is 0.491 e. The van der Waals surface area contributed by atoms with Crippen molar-refractivity contribution in [2.24, 2.45) is 0 Å². The summed E-state index contributed by atoms with van der Waals surface area (Å²) in [6.45, 7) is 1.17. The number of pyridine rings is 1. The zero-order chi connectivity index (χ0) is 22.1. The van der Waals surface area contributed by atoms with Gasteiger partial charge < -0.3 is 25.0 Å². The fraction of sp³-hybridized carbons (Fsp3) is 0.435. The average Bonchev–Trinajstić information content (AvgIpc) is 2.78. The molecule has 0 unspecified atom stereocenters. The maximum Gasteiger partial charge on any atom is 0.258 e. The first kappa shape index (κ1) is 22.6. The first-order valence-electron chi connectivity index (χ1n) is 10.7. The van der Waals surface area contributed by atoms with Crippen LogP contribution in [0.3, 0.4) is 0 Å². The van der Waals surface area contributed by atoms with Crippen LogP contribution in [0.1, 0.15) is 36.0 Å². The summed E-state index contributed by atoms with van der Waals surface area (Å²) in [5.74, 6) is 0.667. The van der Waals surface area contributed by atoms with Gasteiger partial charge in [0.2, 0.25) is 5.91 Å². The summed E-state index contributed by atoms with van der Waals surface area (Å²) < 4.78 is 5.94. The van der Waals surface area contributed by atoms with Crippen molar-refractivity contribution in [2.45, 2.75) is 25.7 Å². The smallest absolute Gasteiger partial charge is 0.258 e. The molecule has 0 saturated carbocycles. The molecule has 0 bridgehead atoms. The molecule has 1 aliphatic heterocycles. The van der Waals surface area contributed by atoms with E-state index >= 15 is 0 Å². The third kappa shape index (κ3) is 6.18. The second-order valence-corrected chi connectivity index (χ2v) is 7.55. The maximum atomic E-state index is 13.4. The van der Waals surface area contributed by atoms with Crippen LogP contribution < -0.4 is 10.1 Å². The quantitative estimate of drug-likeness (QED) is 0.781. The molecule has 2 aromatic rings. The van der Waals surface area contributed by atoms with Gasteiger partial charge in [0, 0.05) is 26.3 Å². The van der Waals surface area contributed by atoms with Crippen molar-refractivity contribution in [2.75, 3.05) is 45.2 Å². The first-order valence-corrected chi connectivity index (χ1v) is 10.7. The third-order valence-corrected chi connectivity index (χ3v) is 5.23. The Morgan fingerprint density at radius 2 is 2.00 bits per heavy atom. The molecule has 8 heteroatoms. The minimum Gasteiger partial charge on any atom is -0.491 e. The zero-order valence-electron chi connectivity index (χ0n) is 17.9. The molecule has 0 saturated heterocycles. The van der Waals surface area contributed by atoms with Gasteiger partial charge in [-0.1, -0.05) is 25.0 Å². The molecule has 2 N–H and O–H groups in total. The lowest BCUT2D eigenvalue weighted by atomic mass is 10.1. The van der Waals surface area contributed by atoms with Gasteiger partial charge in [-0.15, -0.1) is 0 Å². The highest BCUT2D eigenvalue weighted by molar-refractivity contribution is 6.01. The van der Waals surface area contributed by atoms with Gasteiger partial charge in [0.15, 0.2) is 0 Å². The van der Waals surface area contributed by atoms with E-state index < -0.39 is 0 Å². The van der Waals surface area contributed by atoms with E-state index in [-0.39, 0.29) is 31.5 Å². The van der Waals surface area contributed by atoms with Crippen molar-refractivity contribution in [3.8, 4) is 5.75 Å².